The molecule has 7 atom stereocenters. The van der Waals surface area contributed by atoms with E-state index in [2.05, 4.69) is 23.8 Å². The van der Waals surface area contributed by atoms with Crippen LogP contribution in [-0.4, -0.2) is 128 Å². The lowest BCUT2D eigenvalue weighted by molar-refractivity contribution is -0.145. The van der Waals surface area contributed by atoms with E-state index >= 15 is 0 Å². The van der Waals surface area contributed by atoms with Crippen molar-refractivity contribution in [2.75, 3.05) is 41.9 Å². The number of aliphatic carboxylic acids is 1. The van der Waals surface area contributed by atoms with Gasteiger partial charge >= 0.3 is 12.0 Å². The average molecular weight is 678 g/mol. The van der Waals surface area contributed by atoms with Crippen molar-refractivity contribution in [1.82, 2.24) is 25.3 Å². The van der Waals surface area contributed by atoms with Gasteiger partial charge in [-0.2, -0.15) is 0 Å². The van der Waals surface area contributed by atoms with E-state index < -0.39 is 66.1 Å². The van der Waals surface area contributed by atoms with Crippen molar-refractivity contribution in [3.63, 3.8) is 0 Å². The maximum atomic E-state index is 13.9. The molecular weight excluding hydrogens is 618 g/mol. The number of nitrogens with zero attached hydrogens (tertiary/aromatic N) is 3. The van der Waals surface area contributed by atoms with Crippen molar-refractivity contribution in [1.29, 1.82) is 0 Å². The summed E-state index contributed by atoms with van der Waals surface area (Å²) in [5.41, 5.74) is 0.608. The molecule has 3 N–H and O–H groups in total. The van der Waals surface area contributed by atoms with Crippen LogP contribution in [0.2, 0.25) is 0 Å². The van der Waals surface area contributed by atoms with Crippen molar-refractivity contribution in [3.8, 4) is 0 Å². The van der Waals surface area contributed by atoms with Crippen molar-refractivity contribution >= 4 is 29.7 Å². The molecule has 0 bridgehead atoms. The van der Waals surface area contributed by atoms with Crippen LogP contribution in [0.15, 0.2) is 37.0 Å². The standard InChI is InChI=1S/C35H59N5O8/c1-13-16-24(14-2)19-25(34(44)45)36-32(42)23(7)31(48-12)26-17-15-18-40(26)28(41)20-27(47-11)29(21(3)4)39(10)35(46)37-33(43)30(22(5)6)38(8)9/h13-14,16,21-23,25-27,29-31H,1-2,15,17-20H2,3-12H3,(H,36,42)(H,44,45)(H,37,43,46)/b24-16+/t23-,25?,26+,27?,29+,30+,31-/m1/s1. The Labute approximate surface area is 286 Å². The molecule has 13 heteroatoms. The Kier molecular flexibility index (Phi) is 17.8. The zero-order valence-corrected chi connectivity index (χ0v) is 30.5. The number of likely N-dealkylation sites (N-methyl/N-ethyl adjacent to an activating group) is 2. The zero-order valence-electron chi connectivity index (χ0n) is 30.5. The molecule has 0 saturated carbocycles. The predicted molar refractivity (Wildman–Crippen MR) is 185 cm³/mol. The lowest BCUT2D eigenvalue weighted by Gasteiger charge is -2.38. The second kappa shape index (κ2) is 20.1. The summed E-state index contributed by atoms with van der Waals surface area (Å²) in [6, 6.07) is -3.26. The van der Waals surface area contributed by atoms with Gasteiger partial charge < -0.3 is 29.7 Å². The highest BCUT2D eigenvalue weighted by Crippen LogP contribution is 2.29. The number of allylic oxidation sites excluding steroid dienone is 3. The van der Waals surface area contributed by atoms with Gasteiger partial charge in [0.25, 0.3) is 0 Å². The first-order chi connectivity index (χ1) is 22.5. The number of carbonyl (C=O) groups excluding carboxylic acids is 4. The van der Waals surface area contributed by atoms with Crippen LogP contribution < -0.4 is 10.6 Å². The SMILES string of the molecule is C=C/C=C(\C=C)CC(NC(=O)[C@H](C)[C@@H](OC)[C@@H]1CCCN1C(=O)CC(OC)[C@H](C(C)C)N(C)C(=O)NC(=O)[C@H](C(C)C)N(C)C)C(=O)O. The Bertz CT molecular complexity index is 1160. The smallest absolute Gasteiger partial charge is 0.326 e. The molecule has 0 aliphatic carbocycles. The van der Waals surface area contributed by atoms with Crippen LogP contribution in [0.1, 0.15) is 60.3 Å². The van der Waals surface area contributed by atoms with E-state index in [0.717, 1.165) is 0 Å². The van der Waals surface area contributed by atoms with Crippen LogP contribution in [0.5, 0.6) is 0 Å². The molecule has 5 amide bonds. The average Bonchev–Trinajstić information content (AvgIpc) is 3.49. The van der Waals surface area contributed by atoms with Gasteiger partial charge in [0.15, 0.2) is 0 Å². The summed E-state index contributed by atoms with van der Waals surface area (Å²) in [4.78, 5) is 70.3. The normalized spacial score (nSPS) is 18.9. The second-order valence-corrected chi connectivity index (χ2v) is 13.3. The Hall–Kier alpha value is -3.55. The predicted octanol–water partition coefficient (Wildman–Crippen LogP) is 3.07. The van der Waals surface area contributed by atoms with Crippen LogP contribution in [0.4, 0.5) is 4.79 Å². The Balaban J connectivity index is 3.14. The topological polar surface area (TPSA) is 158 Å². The number of carbonyl (C=O) groups is 5. The van der Waals surface area contributed by atoms with Crippen molar-refractivity contribution in [2.45, 2.75) is 96.7 Å². The molecule has 1 saturated heterocycles. The third-order valence-corrected chi connectivity index (χ3v) is 9.02. The first-order valence-electron chi connectivity index (χ1n) is 16.5. The molecule has 1 fully saturated rings. The van der Waals surface area contributed by atoms with Gasteiger partial charge in [0.05, 0.1) is 42.7 Å². The van der Waals surface area contributed by atoms with Gasteiger partial charge in [0, 0.05) is 34.2 Å². The number of urea groups is 1. The fourth-order valence-corrected chi connectivity index (χ4v) is 6.69. The summed E-state index contributed by atoms with van der Waals surface area (Å²) >= 11 is 0. The summed E-state index contributed by atoms with van der Waals surface area (Å²) < 4.78 is 11.6. The minimum absolute atomic E-state index is 0.0234. The minimum atomic E-state index is -1.19. The van der Waals surface area contributed by atoms with Crippen molar-refractivity contribution in [3.05, 3.63) is 37.0 Å². The molecule has 0 aromatic heterocycles. The number of rotatable bonds is 19. The van der Waals surface area contributed by atoms with Crippen LogP contribution in [-0.2, 0) is 28.7 Å². The molecule has 13 nitrogen and oxygen atoms in total. The Morgan fingerprint density at radius 1 is 0.958 bits per heavy atom. The molecule has 272 valence electrons. The van der Waals surface area contributed by atoms with E-state index in [-0.39, 0.29) is 30.6 Å². The van der Waals surface area contributed by atoms with Gasteiger partial charge in [-0.3, -0.25) is 24.6 Å². The summed E-state index contributed by atoms with van der Waals surface area (Å²) in [6.07, 6.45) is 4.52. The molecule has 0 aromatic rings. The molecule has 0 radical (unpaired) electrons. The molecule has 1 heterocycles. The van der Waals surface area contributed by atoms with Crippen LogP contribution in [0.3, 0.4) is 0 Å². The highest BCUT2D eigenvalue weighted by atomic mass is 16.5. The van der Waals surface area contributed by atoms with E-state index in [1.165, 1.54) is 31.3 Å². The largest absolute Gasteiger partial charge is 0.480 e. The van der Waals surface area contributed by atoms with Crippen LogP contribution in [0.25, 0.3) is 0 Å². The monoisotopic (exact) mass is 677 g/mol. The number of carboxylic acid groups (broad SMARTS) is 1. The van der Waals surface area contributed by atoms with E-state index in [0.29, 0.717) is 25.0 Å². The number of nitrogens with one attached hydrogen (secondary N) is 2. The minimum Gasteiger partial charge on any atom is -0.480 e. The molecule has 1 rings (SSSR count). The third-order valence-electron chi connectivity index (χ3n) is 9.02. The van der Waals surface area contributed by atoms with Gasteiger partial charge in [-0.1, -0.05) is 66.0 Å². The lowest BCUT2D eigenvalue weighted by atomic mass is 9.92. The van der Waals surface area contributed by atoms with Crippen LogP contribution >= 0.6 is 0 Å². The fourth-order valence-electron chi connectivity index (χ4n) is 6.69. The summed E-state index contributed by atoms with van der Waals surface area (Å²) in [5, 5.41) is 14.9. The Morgan fingerprint density at radius 3 is 2.04 bits per heavy atom. The van der Waals surface area contributed by atoms with Crippen molar-refractivity contribution < 1.29 is 38.6 Å². The molecule has 48 heavy (non-hydrogen) atoms. The highest BCUT2D eigenvalue weighted by molar-refractivity contribution is 5.97. The number of methoxy groups -OCH3 is 2. The Morgan fingerprint density at radius 2 is 1.58 bits per heavy atom. The van der Waals surface area contributed by atoms with Gasteiger partial charge in [-0.15, -0.1) is 0 Å². The lowest BCUT2D eigenvalue weighted by Crippen LogP contribution is -2.57. The number of carboxylic acids is 1. The molecule has 1 aliphatic rings. The van der Waals surface area contributed by atoms with Gasteiger partial charge in [0.1, 0.15) is 6.04 Å². The van der Waals surface area contributed by atoms with Crippen molar-refractivity contribution in [2.24, 2.45) is 17.8 Å². The number of imide groups is 1. The molecule has 1 aliphatic heterocycles. The van der Waals surface area contributed by atoms with Gasteiger partial charge in [-0.05, 0) is 44.3 Å². The number of hydrogen-bond donors (Lipinski definition) is 3. The molecule has 0 aromatic carbocycles. The number of ether oxygens (including phenoxy) is 2. The van der Waals surface area contributed by atoms with Crippen LogP contribution in [0, 0.1) is 17.8 Å². The summed E-state index contributed by atoms with van der Waals surface area (Å²) in [7, 11) is 8.10. The van der Waals surface area contributed by atoms with E-state index in [1.54, 1.807) is 43.9 Å². The zero-order chi connectivity index (χ0) is 36.9. The molecule has 0 spiro atoms. The maximum Gasteiger partial charge on any atom is 0.326 e. The first kappa shape index (κ1) is 42.5. The van der Waals surface area contributed by atoms with E-state index in [9.17, 15) is 29.1 Å². The number of amides is 5. The molecular formula is C35H59N5O8. The molecule has 2 unspecified atom stereocenters. The fraction of sp³-hybridized carbons (Fsp3) is 0.686. The number of hydrogen-bond acceptors (Lipinski definition) is 8. The summed E-state index contributed by atoms with van der Waals surface area (Å²) in [5.74, 6) is -3.27. The van der Waals surface area contributed by atoms with Gasteiger partial charge in [0.2, 0.25) is 17.7 Å². The highest BCUT2D eigenvalue weighted by Gasteiger charge is 2.42. The first-order valence-corrected chi connectivity index (χ1v) is 16.5. The van der Waals surface area contributed by atoms with E-state index in [4.69, 9.17) is 9.47 Å². The quantitative estimate of drug-likeness (QED) is 0.175. The summed E-state index contributed by atoms with van der Waals surface area (Å²) in [6.45, 7) is 17.1. The second-order valence-electron chi connectivity index (χ2n) is 13.3. The van der Waals surface area contributed by atoms with E-state index in [1.807, 2.05) is 27.7 Å². The van der Waals surface area contributed by atoms with Gasteiger partial charge in [-0.25, -0.2) is 9.59 Å². The number of likely N-dealkylation sites (tertiary alicyclic amines) is 1. The maximum absolute atomic E-state index is 13.9. The third kappa shape index (κ3) is 11.6.